The van der Waals surface area contributed by atoms with Crippen LogP contribution in [0.15, 0.2) is 24.3 Å². The maximum atomic E-state index is 8.56. The van der Waals surface area contributed by atoms with Crippen LogP contribution in [0, 0.1) is 18.4 Å². The van der Waals surface area contributed by atoms with Gasteiger partial charge in [-0.1, -0.05) is 36.1 Å². The zero-order chi connectivity index (χ0) is 10.9. The number of aliphatic hydroxyl groups is 1. The maximum Gasteiger partial charge on any atom is 0.187 e. The van der Waals surface area contributed by atoms with Gasteiger partial charge in [0.1, 0.15) is 0 Å². The van der Waals surface area contributed by atoms with Crippen molar-refractivity contribution in [1.82, 2.24) is 0 Å². The molecule has 76 valence electrons. The second kappa shape index (κ2) is 6.65. The lowest BCUT2D eigenvalue weighted by Crippen LogP contribution is -1.80. The quantitative estimate of drug-likeness (QED) is 0.452. The minimum Gasteiger partial charge on any atom is -0.396 e. The van der Waals surface area contributed by atoms with Gasteiger partial charge in [-0.25, -0.2) is 4.85 Å². The number of rotatable bonds is 3. The van der Waals surface area contributed by atoms with E-state index in [4.69, 9.17) is 11.7 Å². The van der Waals surface area contributed by atoms with Crippen molar-refractivity contribution in [3.63, 3.8) is 0 Å². The number of aliphatic hydroxyl groups excluding tert-OH is 1. The smallest absolute Gasteiger partial charge is 0.187 e. The SMILES string of the molecule is [C-]#[N+]c1ccc(C#CCCCCO)cc1. The lowest BCUT2D eigenvalue weighted by molar-refractivity contribution is 0.285. The normalized spacial score (nSPS) is 8.80. The average Bonchev–Trinajstić information content (AvgIpc) is 2.30. The van der Waals surface area contributed by atoms with Gasteiger partial charge in [0.15, 0.2) is 5.69 Å². The first-order valence-corrected chi connectivity index (χ1v) is 4.94. The molecular formula is C13H13NO. The Kier molecular flexibility index (Phi) is 5.01. The number of benzene rings is 1. The van der Waals surface area contributed by atoms with E-state index in [2.05, 4.69) is 16.7 Å². The molecule has 0 aliphatic rings. The van der Waals surface area contributed by atoms with Crippen LogP contribution >= 0.6 is 0 Å². The molecule has 2 nitrogen and oxygen atoms in total. The van der Waals surface area contributed by atoms with Crippen LogP contribution in [0.1, 0.15) is 24.8 Å². The summed E-state index contributed by atoms with van der Waals surface area (Å²) < 4.78 is 0. The van der Waals surface area contributed by atoms with Gasteiger partial charge in [-0.3, -0.25) is 0 Å². The summed E-state index contributed by atoms with van der Waals surface area (Å²) in [6, 6.07) is 7.24. The second-order valence-electron chi connectivity index (χ2n) is 3.14. The van der Waals surface area contributed by atoms with E-state index in [1.54, 1.807) is 12.1 Å². The third-order valence-electron chi connectivity index (χ3n) is 1.94. The molecule has 0 aliphatic heterocycles. The average molecular weight is 199 g/mol. The molecule has 0 aromatic heterocycles. The van der Waals surface area contributed by atoms with E-state index >= 15 is 0 Å². The summed E-state index contributed by atoms with van der Waals surface area (Å²) in [5, 5.41) is 8.56. The molecular weight excluding hydrogens is 186 g/mol. The van der Waals surface area contributed by atoms with Crippen molar-refractivity contribution in [3.05, 3.63) is 41.2 Å². The molecule has 0 unspecified atom stereocenters. The standard InChI is InChI=1S/C13H13NO/c1-14-13-9-7-12(8-10-13)6-4-2-3-5-11-15/h7-10,15H,2-3,5,11H2. The molecule has 0 aliphatic carbocycles. The Bertz CT molecular complexity index is 389. The van der Waals surface area contributed by atoms with Crippen molar-refractivity contribution in [3.8, 4) is 11.8 Å². The third-order valence-corrected chi connectivity index (χ3v) is 1.94. The molecule has 1 aromatic rings. The zero-order valence-electron chi connectivity index (χ0n) is 8.53. The zero-order valence-corrected chi connectivity index (χ0v) is 8.53. The summed E-state index contributed by atoms with van der Waals surface area (Å²) in [5.41, 5.74) is 1.58. The van der Waals surface area contributed by atoms with Crippen LogP contribution in [0.5, 0.6) is 0 Å². The van der Waals surface area contributed by atoms with Gasteiger partial charge in [0.05, 0.1) is 6.57 Å². The Morgan fingerprint density at radius 2 is 1.93 bits per heavy atom. The number of unbranched alkanes of at least 4 members (excludes halogenated alkanes) is 2. The number of hydrogen-bond acceptors (Lipinski definition) is 1. The Balaban J connectivity index is 2.46. The fourth-order valence-corrected chi connectivity index (χ4v) is 1.11. The van der Waals surface area contributed by atoms with Crippen molar-refractivity contribution in [2.45, 2.75) is 19.3 Å². The van der Waals surface area contributed by atoms with Gasteiger partial charge in [0, 0.05) is 18.6 Å². The molecule has 2 heteroatoms. The molecule has 0 radical (unpaired) electrons. The van der Waals surface area contributed by atoms with Gasteiger partial charge in [0.25, 0.3) is 0 Å². The molecule has 0 atom stereocenters. The van der Waals surface area contributed by atoms with Crippen LogP contribution < -0.4 is 0 Å². The van der Waals surface area contributed by atoms with Crippen LogP contribution in [0.4, 0.5) is 5.69 Å². The molecule has 0 fully saturated rings. The molecule has 0 amide bonds. The van der Waals surface area contributed by atoms with Gasteiger partial charge < -0.3 is 5.11 Å². The Hall–Kier alpha value is -1.77. The number of hydrogen-bond donors (Lipinski definition) is 1. The summed E-state index contributed by atoms with van der Waals surface area (Å²) >= 11 is 0. The van der Waals surface area contributed by atoms with Crippen molar-refractivity contribution in [2.24, 2.45) is 0 Å². The van der Waals surface area contributed by atoms with E-state index in [0.29, 0.717) is 5.69 Å². The van der Waals surface area contributed by atoms with E-state index in [9.17, 15) is 0 Å². The second-order valence-corrected chi connectivity index (χ2v) is 3.14. The van der Waals surface area contributed by atoms with Crippen LogP contribution in [-0.2, 0) is 0 Å². The Labute approximate surface area is 90.4 Å². The van der Waals surface area contributed by atoms with Crippen LogP contribution in [0.3, 0.4) is 0 Å². The molecule has 15 heavy (non-hydrogen) atoms. The highest BCUT2D eigenvalue weighted by atomic mass is 16.2. The minimum atomic E-state index is 0.237. The van der Waals surface area contributed by atoms with Crippen LogP contribution in [0.25, 0.3) is 4.85 Å². The van der Waals surface area contributed by atoms with Crippen molar-refractivity contribution >= 4 is 5.69 Å². The Morgan fingerprint density at radius 3 is 2.53 bits per heavy atom. The highest BCUT2D eigenvalue weighted by Gasteiger charge is 1.89. The lowest BCUT2D eigenvalue weighted by Gasteiger charge is -1.91. The molecule has 0 spiro atoms. The topological polar surface area (TPSA) is 24.6 Å². The first-order valence-electron chi connectivity index (χ1n) is 4.94. The van der Waals surface area contributed by atoms with Crippen molar-refractivity contribution in [1.29, 1.82) is 0 Å². The summed E-state index contributed by atoms with van der Waals surface area (Å²) in [7, 11) is 0. The van der Waals surface area contributed by atoms with Gasteiger partial charge in [-0.2, -0.15) is 0 Å². The first-order chi connectivity index (χ1) is 7.36. The predicted molar refractivity (Wildman–Crippen MR) is 60.5 cm³/mol. The van der Waals surface area contributed by atoms with Gasteiger partial charge in [-0.15, -0.1) is 0 Å². The molecule has 1 aromatic carbocycles. The van der Waals surface area contributed by atoms with E-state index in [-0.39, 0.29) is 6.61 Å². The highest BCUT2D eigenvalue weighted by molar-refractivity contribution is 5.48. The molecule has 1 rings (SSSR count). The summed E-state index contributed by atoms with van der Waals surface area (Å²) in [5.74, 6) is 6.06. The molecule has 0 saturated heterocycles. The maximum absolute atomic E-state index is 8.56. The van der Waals surface area contributed by atoms with Gasteiger partial charge in [0.2, 0.25) is 0 Å². The van der Waals surface area contributed by atoms with E-state index in [0.717, 1.165) is 24.8 Å². The Morgan fingerprint density at radius 1 is 1.20 bits per heavy atom. The first kappa shape index (κ1) is 11.3. The minimum absolute atomic E-state index is 0.237. The van der Waals surface area contributed by atoms with E-state index < -0.39 is 0 Å². The summed E-state index contributed by atoms with van der Waals surface area (Å²) in [6.07, 6.45) is 2.56. The third kappa shape index (κ3) is 4.31. The van der Waals surface area contributed by atoms with Gasteiger partial charge in [-0.05, 0) is 12.8 Å². The molecule has 1 N–H and O–H groups in total. The predicted octanol–water partition coefficient (Wildman–Crippen LogP) is 2.75. The highest BCUT2D eigenvalue weighted by Crippen LogP contribution is 2.11. The van der Waals surface area contributed by atoms with Crippen LogP contribution in [0.2, 0.25) is 0 Å². The summed E-state index contributed by atoms with van der Waals surface area (Å²) in [6.45, 7) is 7.03. The molecule has 0 heterocycles. The van der Waals surface area contributed by atoms with Crippen molar-refractivity contribution in [2.75, 3.05) is 6.61 Å². The fourth-order valence-electron chi connectivity index (χ4n) is 1.11. The lowest BCUT2D eigenvalue weighted by atomic mass is 10.2. The van der Waals surface area contributed by atoms with E-state index in [1.165, 1.54) is 0 Å². The van der Waals surface area contributed by atoms with Crippen molar-refractivity contribution < 1.29 is 5.11 Å². The molecule has 0 saturated carbocycles. The van der Waals surface area contributed by atoms with Crippen LogP contribution in [-0.4, -0.2) is 11.7 Å². The largest absolute Gasteiger partial charge is 0.396 e. The van der Waals surface area contributed by atoms with Gasteiger partial charge >= 0.3 is 0 Å². The monoisotopic (exact) mass is 199 g/mol. The number of nitrogens with zero attached hydrogens (tertiary/aromatic N) is 1. The summed E-state index contributed by atoms with van der Waals surface area (Å²) in [4.78, 5) is 3.31. The molecule has 0 bridgehead atoms. The fraction of sp³-hybridized carbons (Fsp3) is 0.308. The van der Waals surface area contributed by atoms with E-state index in [1.807, 2.05) is 12.1 Å².